The largest absolute Gasteiger partial charge is 0.495 e. The van der Waals surface area contributed by atoms with Gasteiger partial charge in [0.15, 0.2) is 0 Å². The summed E-state index contributed by atoms with van der Waals surface area (Å²) in [5.41, 5.74) is 2.18. The summed E-state index contributed by atoms with van der Waals surface area (Å²) in [7, 11) is 1.59. The molecule has 2 N–H and O–H groups in total. The van der Waals surface area contributed by atoms with Gasteiger partial charge < -0.3 is 24.7 Å². The van der Waals surface area contributed by atoms with Gasteiger partial charge in [-0.1, -0.05) is 42.5 Å². The Bertz CT molecular complexity index is 1280. The maximum Gasteiger partial charge on any atom is 0.234 e. The van der Waals surface area contributed by atoms with Crippen LogP contribution in [-0.2, 0) is 20.7 Å². The minimum Gasteiger partial charge on any atom is -0.495 e. The zero-order chi connectivity index (χ0) is 22.6. The maximum atomic E-state index is 13.5. The summed E-state index contributed by atoms with van der Waals surface area (Å²) in [6.45, 7) is 0.876. The van der Waals surface area contributed by atoms with Crippen LogP contribution in [0.2, 0.25) is 0 Å². The van der Waals surface area contributed by atoms with Crippen LogP contribution < -0.4 is 15.0 Å². The van der Waals surface area contributed by atoms with E-state index in [1.54, 1.807) is 12.0 Å². The fourth-order valence-corrected chi connectivity index (χ4v) is 5.63. The minimum atomic E-state index is -0.762. The van der Waals surface area contributed by atoms with Crippen molar-refractivity contribution in [3.63, 3.8) is 0 Å². The summed E-state index contributed by atoms with van der Waals surface area (Å²) in [5, 5.41) is 4.22. The first-order chi connectivity index (χ1) is 16.1. The SMILES string of the molecule is COc1ccccc1N1C[C@]23C=C[C@H](O2)[C@@H](C(=O)NCCc2c[nH]c4ccccc24)[C@@H]3C1=O. The van der Waals surface area contributed by atoms with Crippen molar-refractivity contribution in [2.45, 2.75) is 18.1 Å². The van der Waals surface area contributed by atoms with Crippen LogP contribution in [0, 0.1) is 11.8 Å². The molecule has 2 aromatic carbocycles. The number of benzene rings is 2. The van der Waals surface area contributed by atoms with Crippen LogP contribution in [0.5, 0.6) is 5.75 Å². The number of H-pyrrole nitrogens is 1. The third kappa shape index (κ3) is 2.99. The standard InChI is InChI=1S/C26H25N3O4/c1-32-20-9-5-4-8-19(20)29-15-26-12-10-21(33-26)22(23(26)25(29)31)24(30)27-13-11-16-14-28-18-7-3-2-6-17(16)18/h2-10,12,14,21-23,28H,11,13,15H2,1H3,(H,27,30)/t21-,22+,23+,26-/m0/s1. The van der Waals surface area contributed by atoms with Crippen LogP contribution in [0.4, 0.5) is 5.69 Å². The molecule has 0 radical (unpaired) electrons. The number of anilines is 1. The number of aromatic amines is 1. The van der Waals surface area contributed by atoms with Crippen molar-refractivity contribution < 1.29 is 19.1 Å². The van der Waals surface area contributed by atoms with E-state index in [1.807, 2.05) is 60.8 Å². The van der Waals surface area contributed by atoms with E-state index in [9.17, 15) is 9.59 Å². The first kappa shape index (κ1) is 20.1. The lowest BCUT2D eigenvalue weighted by Crippen LogP contribution is -2.44. The van der Waals surface area contributed by atoms with Gasteiger partial charge in [-0.15, -0.1) is 0 Å². The Hall–Kier alpha value is -3.58. The molecule has 168 valence electrons. The molecule has 2 bridgehead atoms. The fourth-order valence-electron chi connectivity index (χ4n) is 5.63. The summed E-state index contributed by atoms with van der Waals surface area (Å²) in [5.74, 6) is -0.675. The van der Waals surface area contributed by atoms with Crippen LogP contribution in [-0.4, -0.2) is 48.7 Å². The summed E-state index contributed by atoms with van der Waals surface area (Å²) >= 11 is 0. The van der Waals surface area contributed by atoms with E-state index in [2.05, 4.69) is 16.4 Å². The Kier molecular flexibility index (Phi) is 4.55. The number of nitrogens with zero attached hydrogens (tertiary/aromatic N) is 1. The van der Waals surface area contributed by atoms with Gasteiger partial charge in [-0.25, -0.2) is 0 Å². The van der Waals surface area contributed by atoms with Gasteiger partial charge in [0.2, 0.25) is 11.8 Å². The molecule has 2 fully saturated rings. The Balaban J connectivity index is 1.19. The molecule has 2 amide bonds. The maximum absolute atomic E-state index is 13.5. The number of carbonyl (C=O) groups is 2. The highest BCUT2D eigenvalue weighted by Gasteiger charge is 2.67. The fraction of sp³-hybridized carbons (Fsp3) is 0.308. The summed E-state index contributed by atoms with van der Waals surface area (Å²) < 4.78 is 11.7. The second-order valence-corrected chi connectivity index (χ2v) is 8.90. The van der Waals surface area contributed by atoms with E-state index in [-0.39, 0.29) is 17.9 Å². The quantitative estimate of drug-likeness (QED) is 0.574. The van der Waals surface area contributed by atoms with Crippen LogP contribution in [0.25, 0.3) is 10.9 Å². The zero-order valence-corrected chi connectivity index (χ0v) is 18.3. The van der Waals surface area contributed by atoms with E-state index in [4.69, 9.17) is 9.47 Å². The average molecular weight is 444 g/mol. The Morgan fingerprint density at radius 3 is 2.94 bits per heavy atom. The minimum absolute atomic E-state index is 0.0943. The smallest absolute Gasteiger partial charge is 0.234 e. The lowest BCUT2D eigenvalue weighted by molar-refractivity contribution is -0.131. The van der Waals surface area contributed by atoms with E-state index in [0.29, 0.717) is 30.9 Å². The molecule has 4 atom stereocenters. The highest BCUT2D eigenvalue weighted by Crippen LogP contribution is 2.53. The Morgan fingerprint density at radius 2 is 2.06 bits per heavy atom. The first-order valence-corrected chi connectivity index (χ1v) is 11.3. The predicted molar refractivity (Wildman–Crippen MR) is 124 cm³/mol. The molecule has 1 spiro atoms. The third-order valence-electron chi connectivity index (χ3n) is 7.15. The van der Waals surface area contributed by atoms with Crippen LogP contribution in [0.3, 0.4) is 0 Å². The lowest BCUT2D eigenvalue weighted by Gasteiger charge is -2.23. The van der Waals surface area contributed by atoms with Crippen molar-refractivity contribution >= 4 is 28.4 Å². The number of rotatable bonds is 6. The van der Waals surface area contributed by atoms with Gasteiger partial charge >= 0.3 is 0 Å². The van der Waals surface area contributed by atoms with Gasteiger partial charge in [-0.05, 0) is 30.2 Å². The van der Waals surface area contributed by atoms with Crippen LogP contribution in [0.1, 0.15) is 5.56 Å². The molecule has 0 saturated carbocycles. The molecule has 0 unspecified atom stereocenters. The van der Waals surface area contributed by atoms with E-state index >= 15 is 0 Å². The normalized spacial score (nSPS) is 27.4. The predicted octanol–water partition coefficient (Wildman–Crippen LogP) is 2.82. The number of para-hydroxylation sites is 3. The van der Waals surface area contributed by atoms with Crippen molar-refractivity contribution in [2.24, 2.45) is 11.8 Å². The molecule has 4 heterocycles. The molecule has 2 saturated heterocycles. The molecule has 7 heteroatoms. The van der Waals surface area contributed by atoms with Crippen LogP contribution in [0.15, 0.2) is 66.9 Å². The second kappa shape index (κ2) is 7.49. The molecule has 3 aromatic rings. The summed E-state index contributed by atoms with van der Waals surface area (Å²) in [6, 6.07) is 15.6. The number of methoxy groups -OCH3 is 1. The molecule has 7 nitrogen and oxygen atoms in total. The molecule has 3 aliphatic rings. The van der Waals surface area contributed by atoms with Gasteiger partial charge in [-0.2, -0.15) is 0 Å². The number of ether oxygens (including phenoxy) is 2. The molecule has 3 aliphatic heterocycles. The number of aromatic nitrogens is 1. The van der Waals surface area contributed by atoms with E-state index in [1.165, 1.54) is 0 Å². The third-order valence-corrected chi connectivity index (χ3v) is 7.15. The van der Waals surface area contributed by atoms with Crippen molar-refractivity contribution in [1.29, 1.82) is 0 Å². The average Bonchev–Trinajstić information content (AvgIpc) is 3.59. The molecule has 33 heavy (non-hydrogen) atoms. The van der Waals surface area contributed by atoms with Gasteiger partial charge in [-0.3, -0.25) is 9.59 Å². The number of carbonyl (C=O) groups excluding carboxylic acids is 2. The highest BCUT2D eigenvalue weighted by molar-refractivity contribution is 6.04. The summed E-state index contributed by atoms with van der Waals surface area (Å²) in [4.78, 5) is 31.7. The monoisotopic (exact) mass is 443 g/mol. The van der Waals surface area contributed by atoms with E-state index in [0.717, 1.165) is 16.5 Å². The van der Waals surface area contributed by atoms with Gasteiger partial charge in [0.25, 0.3) is 0 Å². The lowest BCUT2D eigenvalue weighted by atomic mass is 9.77. The topological polar surface area (TPSA) is 83.7 Å². The molecule has 1 aromatic heterocycles. The first-order valence-electron chi connectivity index (χ1n) is 11.3. The van der Waals surface area contributed by atoms with Gasteiger partial charge in [0, 0.05) is 23.6 Å². The number of amides is 2. The molecular formula is C26H25N3O4. The molecular weight excluding hydrogens is 418 g/mol. The Morgan fingerprint density at radius 1 is 1.24 bits per heavy atom. The van der Waals surface area contributed by atoms with Gasteiger partial charge in [0.1, 0.15) is 11.4 Å². The van der Waals surface area contributed by atoms with Gasteiger partial charge in [0.05, 0.1) is 37.3 Å². The number of hydrogen-bond acceptors (Lipinski definition) is 4. The zero-order valence-electron chi connectivity index (χ0n) is 18.3. The number of fused-ring (bicyclic) bond motifs is 2. The van der Waals surface area contributed by atoms with Crippen molar-refractivity contribution in [3.05, 3.63) is 72.4 Å². The van der Waals surface area contributed by atoms with E-state index < -0.39 is 17.4 Å². The Labute approximate surface area is 191 Å². The van der Waals surface area contributed by atoms with Crippen molar-refractivity contribution in [3.8, 4) is 5.75 Å². The highest BCUT2D eigenvalue weighted by atomic mass is 16.5. The molecule has 6 rings (SSSR count). The van der Waals surface area contributed by atoms with Crippen molar-refractivity contribution in [1.82, 2.24) is 10.3 Å². The summed E-state index contributed by atoms with van der Waals surface area (Å²) in [6.07, 6.45) is 6.22. The second-order valence-electron chi connectivity index (χ2n) is 8.90. The number of hydrogen-bond donors (Lipinski definition) is 2. The van der Waals surface area contributed by atoms with Crippen LogP contribution >= 0.6 is 0 Å². The number of nitrogens with one attached hydrogen (secondary N) is 2. The van der Waals surface area contributed by atoms with Crippen molar-refractivity contribution in [2.75, 3.05) is 25.1 Å². The molecule has 0 aliphatic carbocycles.